The Labute approximate surface area is 99.2 Å². The second kappa shape index (κ2) is 5.93. The van der Waals surface area contributed by atoms with Crippen LogP contribution in [0.2, 0.25) is 0 Å². The molecule has 17 heavy (non-hydrogen) atoms. The highest BCUT2D eigenvalue weighted by Gasteiger charge is 2.14. The van der Waals surface area contributed by atoms with Gasteiger partial charge in [-0.25, -0.2) is 14.8 Å². The van der Waals surface area contributed by atoms with E-state index in [4.69, 9.17) is 10.5 Å². The van der Waals surface area contributed by atoms with Crippen molar-refractivity contribution in [3.8, 4) is 0 Å². The van der Waals surface area contributed by atoms with Crippen molar-refractivity contribution < 1.29 is 14.3 Å². The average molecular weight is 237 g/mol. The number of rotatable bonds is 5. The maximum absolute atomic E-state index is 11.6. The molecule has 0 bridgehead atoms. The van der Waals surface area contributed by atoms with Gasteiger partial charge >= 0.3 is 5.97 Å². The lowest BCUT2D eigenvalue weighted by atomic mass is 10.2. The van der Waals surface area contributed by atoms with Crippen molar-refractivity contribution in [2.45, 2.75) is 26.7 Å². The van der Waals surface area contributed by atoms with Gasteiger partial charge in [0, 0.05) is 6.20 Å². The van der Waals surface area contributed by atoms with Crippen molar-refractivity contribution in [3.05, 3.63) is 23.3 Å². The molecule has 6 heteroatoms. The molecule has 0 radical (unpaired) electrons. The van der Waals surface area contributed by atoms with Crippen molar-refractivity contribution in [1.29, 1.82) is 0 Å². The molecule has 0 saturated heterocycles. The van der Waals surface area contributed by atoms with E-state index in [1.807, 2.05) is 6.92 Å². The highest BCUT2D eigenvalue weighted by Crippen LogP contribution is 2.08. The smallest absolute Gasteiger partial charge is 0.341 e. The van der Waals surface area contributed by atoms with Crippen molar-refractivity contribution in [2.75, 3.05) is 6.61 Å². The lowest BCUT2D eigenvalue weighted by molar-refractivity contribution is -0.117. The highest BCUT2D eigenvalue weighted by molar-refractivity contribution is 5.90. The minimum absolute atomic E-state index is 0.0316. The molecule has 1 amide bonds. The molecule has 1 rings (SSSR count). The molecule has 0 aromatic carbocycles. The molecule has 0 aliphatic carbocycles. The van der Waals surface area contributed by atoms with E-state index >= 15 is 0 Å². The van der Waals surface area contributed by atoms with Crippen LogP contribution in [0.1, 0.15) is 35.7 Å². The molecule has 92 valence electrons. The molecule has 0 fully saturated rings. The fourth-order valence-corrected chi connectivity index (χ4v) is 1.35. The topological polar surface area (TPSA) is 95.2 Å². The van der Waals surface area contributed by atoms with E-state index in [0.717, 1.165) is 0 Å². The molecular formula is C11H15N3O3. The molecule has 0 saturated carbocycles. The largest absolute Gasteiger partial charge is 0.462 e. The number of hydrogen-bond acceptors (Lipinski definition) is 5. The van der Waals surface area contributed by atoms with Crippen LogP contribution in [0, 0.1) is 0 Å². The van der Waals surface area contributed by atoms with Gasteiger partial charge in [0.15, 0.2) is 0 Å². The Morgan fingerprint density at radius 2 is 2.12 bits per heavy atom. The van der Waals surface area contributed by atoms with Gasteiger partial charge in [-0.15, -0.1) is 0 Å². The quantitative estimate of drug-likeness (QED) is 0.740. The summed E-state index contributed by atoms with van der Waals surface area (Å²) >= 11 is 0. The first kappa shape index (κ1) is 13.1. The molecule has 1 aromatic rings. The van der Waals surface area contributed by atoms with Gasteiger partial charge in [-0.3, -0.25) is 4.79 Å². The zero-order valence-corrected chi connectivity index (χ0v) is 9.90. The average Bonchev–Trinajstić information content (AvgIpc) is 2.28. The normalized spacial score (nSPS) is 10.0. The number of carbonyl (C=O) groups is 2. The van der Waals surface area contributed by atoms with Crippen molar-refractivity contribution >= 4 is 11.9 Å². The predicted molar refractivity (Wildman–Crippen MR) is 60.3 cm³/mol. The summed E-state index contributed by atoms with van der Waals surface area (Å²) in [5.74, 6) is -0.631. The maximum Gasteiger partial charge on any atom is 0.341 e. The maximum atomic E-state index is 11.6. The first-order valence-electron chi connectivity index (χ1n) is 5.38. The molecule has 0 spiro atoms. The zero-order valence-electron chi connectivity index (χ0n) is 9.90. The van der Waals surface area contributed by atoms with E-state index in [1.54, 1.807) is 6.92 Å². The van der Waals surface area contributed by atoms with E-state index in [2.05, 4.69) is 9.97 Å². The zero-order chi connectivity index (χ0) is 12.8. The van der Waals surface area contributed by atoms with Gasteiger partial charge in [0.05, 0.1) is 24.3 Å². The summed E-state index contributed by atoms with van der Waals surface area (Å²) in [7, 11) is 0. The minimum atomic E-state index is -0.504. The van der Waals surface area contributed by atoms with Crippen LogP contribution in [0.5, 0.6) is 0 Å². The molecule has 0 unspecified atom stereocenters. The summed E-state index contributed by atoms with van der Waals surface area (Å²) in [5.41, 5.74) is 5.95. The summed E-state index contributed by atoms with van der Waals surface area (Å²) in [4.78, 5) is 30.3. The van der Waals surface area contributed by atoms with Crippen LogP contribution in [-0.4, -0.2) is 28.5 Å². The Hall–Kier alpha value is -1.98. The molecule has 6 nitrogen and oxygen atoms in total. The van der Waals surface area contributed by atoms with Gasteiger partial charge in [0.1, 0.15) is 5.82 Å². The van der Waals surface area contributed by atoms with Gasteiger partial charge in [-0.2, -0.15) is 0 Å². The van der Waals surface area contributed by atoms with Crippen LogP contribution in [0.3, 0.4) is 0 Å². The summed E-state index contributed by atoms with van der Waals surface area (Å²) < 4.78 is 4.88. The first-order chi connectivity index (χ1) is 8.08. The Kier molecular flexibility index (Phi) is 4.56. The van der Waals surface area contributed by atoms with E-state index in [0.29, 0.717) is 30.1 Å². The molecule has 0 aliphatic rings. The van der Waals surface area contributed by atoms with Crippen LogP contribution < -0.4 is 5.73 Å². The molecular weight excluding hydrogens is 222 g/mol. The van der Waals surface area contributed by atoms with Crippen LogP contribution in [0.25, 0.3) is 0 Å². The van der Waals surface area contributed by atoms with Gasteiger partial charge in [0.2, 0.25) is 5.91 Å². The van der Waals surface area contributed by atoms with Crippen molar-refractivity contribution in [3.63, 3.8) is 0 Å². The van der Waals surface area contributed by atoms with E-state index in [-0.39, 0.29) is 6.42 Å². The molecule has 0 aliphatic heterocycles. The molecule has 1 aromatic heterocycles. The molecule has 2 N–H and O–H groups in total. The summed E-state index contributed by atoms with van der Waals surface area (Å²) in [5, 5.41) is 0. The van der Waals surface area contributed by atoms with Gasteiger partial charge in [-0.05, 0) is 13.3 Å². The van der Waals surface area contributed by atoms with Crippen LogP contribution in [0.15, 0.2) is 6.20 Å². The van der Waals surface area contributed by atoms with Gasteiger partial charge in [-0.1, -0.05) is 6.92 Å². The lowest BCUT2D eigenvalue weighted by Crippen LogP contribution is -2.18. The minimum Gasteiger partial charge on any atom is -0.462 e. The third-order valence-corrected chi connectivity index (χ3v) is 2.08. The number of primary amides is 1. The Balaban J connectivity index is 3.00. The Morgan fingerprint density at radius 3 is 2.65 bits per heavy atom. The Morgan fingerprint density at radius 1 is 1.41 bits per heavy atom. The fourth-order valence-electron chi connectivity index (χ4n) is 1.35. The Bertz CT molecular complexity index is 432. The van der Waals surface area contributed by atoms with Crippen LogP contribution >= 0.6 is 0 Å². The highest BCUT2D eigenvalue weighted by atomic mass is 16.5. The second-order valence-electron chi connectivity index (χ2n) is 3.36. The van der Waals surface area contributed by atoms with E-state index in [9.17, 15) is 9.59 Å². The monoisotopic (exact) mass is 237 g/mol. The number of ether oxygens (including phenoxy) is 1. The number of aromatic nitrogens is 2. The number of hydrogen-bond donors (Lipinski definition) is 1. The fraction of sp³-hybridized carbons (Fsp3) is 0.455. The van der Waals surface area contributed by atoms with Crippen molar-refractivity contribution in [1.82, 2.24) is 9.97 Å². The summed E-state index contributed by atoms with van der Waals surface area (Å²) in [6.45, 7) is 3.88. The molecule has 1 heterocycles. The first-order valence-corrected chi connectivity index (χ1v) is 5.38. The number of amides is 1. The number of esters is 1. The number of nitrogens with two attached hydrogens (primary N) is 1. The third-order valence-electron chi connectivity index (χ3n) is 2.08. The number of carbonyl (C=O) groups excluding carboxylic acids is 2. The number of nitrogens with zero attached hydrogens (tertiary/aromatic N) is 2. The standard InChI is InChI=1S/C11H15N3O3/c1-3-8-7(11(16)17-4-2)6-13-10(14-8)5-9(12)15/h6H,3-5H2,1-2H3,(H2,12,15). The summed E-state index contributed by atoms with van der Waals surface area (Å²) in [6, 6.07) is 0. The van der Waals surface area contributed by atoms with E-state index < -0.39 is 11.9 Å². The van der Waals surface area contributed by atoms with Gasteiger partial charge in [0.25, 0.3) is 0 Å². The number of aryl methyl sites for hydroxylation is 1. The van der Waals surface area contributed by atoms with Crippen LogP contribution in [-0.2, 0) is 22.4 Å². The third kappa shape index (κ3) is 3.51. The van der Waals surface area contributed by atoms with Crippen LogP contribution in [0.4, 0.5) is 0 Å². The van der Waals surface area contributed by atoms with Crippen molar-refractivity contribution in [2.24, 2.45) is 5.73 Å². The second-order valence-corrected chi connectivity index (χ2v) is 3.36. The SMILES string of the molecule is CCOC(=O)c1cnc(CC(N)=O)nc1CC. The summed E-state index contributed by atoms with van der Waals surface area (Å²) in [6.07, 6.45) is 1.90. The predicted octanol–water partition coefficient (Wildman–Crippen LogP) is 0.243. The van der Waals surface area contributed by atoms with Gasteiger partial charge < -0.3 is 10.5 Å². The molecule has 0 atom stereocenters. The lowest BCUT2D eigenvalue weighted by Gasteiger charge is -2.07. The van der Waals surface area contributed by atoms with E-state index in [1.165, 1.54) is 6.20 Å².